The lowest BCUT2D eigenvalue weighted by Gasteiger charge is -2.25. The molecule has 0 aliphatic rings. The first-order valence-corrected chi connectivity index (χ1v) is 11.1. The maximum atomic E-state index is 13.3. The van der Waals surface area contributed by atoms with Gasteiger partial charge in [0.05, 0.1) is 28.6 Å². The maximum absolute atomic E-state index is 13.3. The molecular weight excluding hydrogens is 490 g/mol. The monoisotopic (exact) mass is 504 g/mol. The van der Waals surface area contributed by atoms with E-state index in [1.165, 1.54) is 30.3 Å². The topological polar surface area (TPSA) is 100 Å². The van der Waals surface area contributed by atoms with Crippen LogP contribution >= 0.6 is 0 Å². The molecule has 2 aromatic carbocycles. The first kappa shape index (κ1) is 25.0. The van der Waals surface area contributed by atoms with E-state index in [1.807, 2.05) is 0 Å². The summed E-state index contributed by atoms with van der Waals surface area (Å²) in [6.07, 6.45) is -8.73. The highest BCUT2D eigenvalue weighted by atomic mass is 32.2. The van der Waals surface area contributed by atoms with Crippen molar-refractivity contribution in [2.24, 2.45) is 0 Å². The molecule has 1 aromatic heterocycles. The molecule has 7 nitrogen and oxygen atoms in total. The Balaban J connectivity index is 1.93. The molecular formula is C20H14F6N4O3S. The molecule has 3 rings (SSSR count). The Hall–Kier alpha value is -3.60. The van der Waals surface area contributed by atoms with Gasteiger partial charge in [-0.05, 0) is 42.5 Å². The van der Waals surface area contributed by atoms with E-state index in [9.17, 15) is 34.8 Å². The molecule has 0 aliphatic carbocycles. The van der Waals surface area contributed by atoms with Gasteiger partial charge < -0.3 is 9.32 Å². The zero-order valence-electron chi connectivity index (χ0n) is 17.1. The second kappa shape index (κ2) is 8.98. The first-order chi connectivity index (χ1) is 15.7. The minimum absolute atomic E-state index is 0.0219. The predicted molar refractivity (Wildman–Crippen MR) is 106 cm³/mol. The molecule has 0 atom stereocenters. The fourth-order valence-electron chi connectivity index (χ4n) is 2.96. The van der Waals surface area contributed by atoms with E-state index in [-0.39, 0.29) is 22.2 Å². The Morgan fingerprint density at radius 3 is 2.21 bits per heavy atom. The molecule has 3 aromatic rings. The van der Waals surface area contributed by atoms with Crippen LogP contribution in [0.4, 0.5) is 32.0 Å². The van der Waals surface area contributed by atoms with E-state index in [0.717, 1.165) is 18.4 Å². The third-order valence-corrected chi connectivity index (χ3v) is 5.62. The third kappa shape index (κ3) is 6.04. The van der Waals surface area contributed by atoms with Crippen LogP contribution in [0.2, 0.25) is 0 Å². The molecule has 0 amide bonds. The first-order valence-electron chi connectivity index (χ1n) is 9.23. The highest BCUT2D eigenvalue weighted by Crippen LogP contribution is 2.35. The van der Waals surface area contributed by atoms with Crippen LogP contribution in [0, 0.1) is 11.3 Å². The van der Waals surface area contributed by atoms with Crippen LogP contribution in [-0.4, -0.2) is 37.6 Å². The largest absolute Gasteiger partial charge is 0.419 e. The van der Waals surface area contributed by atoms with Crippen LogP contribution in [-0.2, 0) is 22.6 Å². The van der Waals surface area contributed by atoms with Crippen LogP contribution in [0.1, 0.15) is 17.0 Å². The normalized spacial score (nSPS) is 12.4. The summed E-state index contributed by atoms with van der Waals surface area (Å²) in [6, 6.07) is 8.82. The summed E-state index contributed by atoms with van der Waals surface area (Å²) in [4.78, 5) is 0.578. The number of sulfone groups is 1. The van der Waals surface area contributed by atoms with Gasteiger partial charge in [-0.15, -0.1) is 10.2 Å². The molecule has 34 heavy (non-hydrogen) atoms. The summed E-state index contributed by atoms with van der Waals surface area (Å²) >= 11 is 0. The quantitative estimate of drug-likeness (QED) is 0.453. The Morgan fingerprint density at radius 1 is 1.03 bits per heavy atom. The van der Waals surface area contributed by atoms with Gasteiger partial charge in [0.2, 0.25) is 11.8 Å². The van der Waals surface area contributed by atoms with Crippen molar-refractivity contribution in [3.05, 3.63) is 59.5 Å². The summed E-state index contributed by atoms with van der Waals surface area (Å²) < 4.78 is 108. The summed E-state index contributed by atoms with van der Waals surface area (Å²) in [5.74, 6) is -0.456. The van der Waals surface area contributed by atoms with E-state index in [0.29, 0.717) is 11.0 Å². The van der Waals surface area contributed by atoms with Gasteiger partial charge in [0, 0.05) is 17.5 Å². The Bertz CT molecular complexity index is 1330. The number of rotatable bonds is 6. The van der Waals surface area contributed by atoms with Crippen molar-refractivity contribution >= 4 is 15.5 Å². The zero-order valence-corrected chi connectivity index (χ0v) is 18.0. The van der Waals surface area contributed by atoms with Gasteiger partial charge in [-0.2, -0.15) is 31.6 Å². The summed E-state index contributed by atoms with van der Waals surface area (Å²) in [5.41, 5.74) is -2.29. The molecule has 0 N–H and O–H groups in total. The Morgan fingerprint density at radius 2 is 1.68 bits per heavy atom. The number of nitrogens with zero attached hydrogens (tertiary/aromatic N) is 4. The minimum atomic E-state index is -4.96. The van der Waals surface area contributed by atoms with Gasteiger partial charge in [-0.25, -0.2) is 8.42 Å². The number of anilines is 1. The molecule has 1 heterocycles. The lowest BCUT2D eigenvalue weighted by Crippen LogP contribution is -2.34. The number of hydrogen-bond donors (Lipinski definition) is 0. The minimum Gasteiger partial charge on any atom is -0.419 e. The number of aromatic nitrogens is 2. The number of alkyl halides is 6. The molecule has 0 spiro atoms. The Kier molecular flexibility index (Phi) is 6.61. The van der Waals surface area contributed by atoms with E-state index in [1.54, 1.807) is 0 Å². The average Bonchev–Trinajstić information content (AvgIpc) is 3.19. The van der Waals surface area contributed by atoms with Crippen LogP contribution < -0.4 is 4.90 Å². The van der Waals surface area contributed by atoms with Gasteiger partial charge >= 0.3 is 12.4 Å². The van der Waals surface area contributed by atoms with Gasteiger partial charge in [-0.1, -0.05) is 0 Å². The zero-order chi connectivity index (χ0) is 25.3. The van der Waals surface area contributed by atoms with Crippen LogP contribution in [0.15, 0.2) is 51.8 Å². The van der Waals surface area contributed by atoms with Gasteiger partial charge in [0.1, 0.15) is 6.54 Å². The van der Waals surface area contributed by atoms with Crippen LogP contribution in [0.5, 0.6) is 0 Å². The molecule has 0 aliphatic heterocycles. The summed E-state index contributed by atoms with van der Waals surface area (Å²) in [7, 11) is -3.46. The van der Waals surface area contributed by atoms with E-state index in [4.69, 9.17) is 9.68 Å². The van der Waals surface area contributed by atoms with E-state index >= 15 is 0 Å². The third-order valence-electron chi connectivity index (χ3n) is 4.49. The summed E-state index contributed by atoms with van der Waals surface area (Å²) in [6.45, 7) is -2.31. The molecule has 0 bridgehead atoms. The molecule has 180 valence electrons. The molecule has 0 radical (unpaired) electrons. The van der Waals surface area contributed by atoms with E-state index < -0.39 is 52.1 Å². The van der Waals surface area contributed by atoms with E-state index in [2.05, 4.69) is 10.2 Å². The maximum Gasteiger partial charge on any atom is 0.417 e. The standard InChI is InChI=1S/C20H14F6N4O3S/c1-34(31,32)15-6-3-12(4-7-15)18-29-28-17(33-18)10-30(11-19(21,22)23)14-5-2-13(9-27)16(8-14)20(24,25)26/h2-8H,10-11H2,1H3. The van der Waals surface area contributed by atoms with Crippen molar-refractivity contribution in [3.8, 4) is 17.5 Å². The van der Waals surface area contributed by atoms with Crippen molar-refractivity contribution in [1.29, 1.82) is 5.26 Å². The average molecular weight is 504 g/mol. The van der Waals surface area contributed by atoms with Crippen LogP contribution in [0.3, 0.4) is 0 Å². The summed E-state index contributed by atoms with van der Waals surface area (Å²) in [5, 5.41) is 16.2. The number of halogens is 6. The second-order valence-corrected chi connectivity index (χ2v) is 9.12. The lowest BCUT2D eigenvalue weighted by atomic mass is 10.1. The smallest absolute Gasteiger partial charge is 0.417 e. The van der Waals surface area contributed by atoms with Gasteiger partial charge in [0.15, 0.2) is 9.84 Å². The van der Waals surface area contributed by atoms with Gasteiger partial charge in [-0.3, -0.25) is 0 Å². The molecule has 14 heteroatoms. The Labute approximate surface area is 189 Å². The number of hydrogen-bond acceptors (Lipinski definition) is 7. The SMILES string of the molecule is CS(=O)(=O)c1ccc(-c2nnc(CN(CC(F)(F)F)c3ccc(C#N)c(C(F)(F)F)c3)o2)cc1. The number of nitriles is 1. The highest BCUT2D eigenvalue weighted by molar-refractivity contribution is 7.90. The molecule has 0 fully saturated rings. The van der Waals surface area contributed by atoms with Crippen molar-refractivity contribution in [1.82, 2.24) is 10.2 Å². The molecule has 0 saturated carbocycles. The van der Waals surface area contributed by atoms with Crippen molar-refractivity contribution in [2.75, 3.05) is 17.7 Å². The van der Waals surface area contributed by atoms with Gasteiger partial charge in [0.25, 0.3) is 0 Å². The fraction of sp³-hybridized carbons (Fsp3) is 0.250. The second-order valence-electron chi connectivity index (χ2n) is 7.11. The molecule has 0 unspecified atom stereocenters. The lowest BCUT2D eigenvalue weighted by molar-refractivity contribution is -0.137. The predicted octanol–water partition coefficient (Wildman–Crippen LogP) is 4.60. The van der Waals surface area contributed by atoms with Crippen LogP contribution in [0.25, 0.3) is 11.5 Å². The van der Waals surface area contributed by atoms with Crippen molar-refractivity contribution in [2.45, 2.75) is 23.8 Å². The molecule has 0 saturated heterocycles. The van der Waals surface area contributed by atoms with Crippen molar-refractivity contribution in [3.63, 3.8) is 0 Å². The highest BCUT2D eigenvalue weighted by Gasteiger charge is 2.36. The number of benzene rings is 2. The van der Waals surface area contributed by atoms with Crippen molar-refractivity contribution < 1.29 is 39.2 Å². The fourth-order valence-corrected chi connectivity index (χ4v) is 3.59.